The van der Waals surface area contributed by atoms with Gasteiger partial charge in [-0.15, -0.1) is 0 Å². The maximum absolute atomic E-state index is 12.6. The van der Waals surface area contributed by atoms with Gasteiger partial charge in [-0.05, 0) is 19.3 Å². The van der Waals surface area contributed by atoms with Crippen molar-refractivity contribution in [2.24, 2.45) is 17.4 Å². The summed E-state index contributed by atoms with van der Waals surface area (Å²) in [7, 11) is 0. The SMILES string of the molecule is CCC(C)C(N)C(=O)NC(C(=O)NC(CCC(N)=O)C(=O)NC(CO)C(=O)O)C(C)O. The molecule has 6 atom stereocenters. The van der Waals surface area contributed by atoms with Crippen molar-refractivity contribution < 1.29 is 39.3 Å². The molecule has 0 fully saturated rings. The van der Waals surface area contributed by atoms with Crippen molar-refractivity contribution >= 4 is 29.6 Å². The lowest BCUT2D eigenvalue weighted by molar-refractivity contribution is -0.143. The van der Waals surface area contributed by atoms with E-state index in [-0.39, 0.29) is 18.8 Å². The van der Waals surface area contributed by atoms with Gasteiger partial charge in [-0.3, -0.25) is 19.2 Å². The fourth-order valence-corrected chi connectivity index (χ4v) is 2.44. The van der Waals surface area contributed by atoms with E-state index in [1.807, 2.05) is 12.2 Å². The minimum absolute atomic E-state index is 0.196. The standard InChI is InChI=1S/C18H33N5O8/c1-4-8(2)13(20)16(28)23-14(9(3)25)17(29)21-10(5-6-12(19)26)15(27)22-11(7-24)18(30)31/h8-11,13-14,24-25H,4-7,20H2,1-3H3,(H2,19,26)(H,21,29)(H,22,27)(H,23,28)(H,30,31). The molecule has 0 heterocycles. The Hall–Kier alpha value is -2.77. The third-order valence-electron chi connectivity index (χ3n) is 4.73. The van der Waals surface area contributed by atoms with E-state index in [0.717, 1.165) is 0 Å². The van der Waals surface area contributed by atoms with Crippen molar-refractivity contribution in [2.75, 3.05) is 6.61 Å². The Labute approximate surface area is 179 Å². The van der Waals surface area contributed by atoms with Crippen LogP contribution in [0.25, 0.3) is 0 Å². The summed E-state index contributed by atoms with van der Waals surface area (Å²) in [5, 5.41) is 34.5. The number of nitrogens with two attached hydrogens (primary N) is 2. The third-order valence-corrected chi connectivity index (χ3v) is 4.73. The number of amides is 4. The van der Waals surface area contributed by atoms with Crippen molar-refractivity contribution in [1.82, 2.24) is 16.0 Å². The van der Waals surface area contributed by atoms with Crippen LogP contribution < -0.4 is 27.4 Å². The molecule has 10 N–H and O–H groups in total. The topological polar surface area (TPSA) is 234 Å². The van der Waals surface area contributed by atoms with Crippen LogP contribution in [0.15, 0.2) is 0 Å². The molecule has 0 aromatic heterocycles. The molecule has 0 aliphatic heterocycles. The molecule has 6 unspecified atom stereocenters. The van der Waals surface area contributed by atoms with Crippen molar-refractivity contribution in [2.45, 2.75) is 70.3 Å². The molecule has 0 rings (SSSR count). The first-order valence-corrected chi connectivity index (χ1v) is 9.82. The largest absolute Gasteiger partial charge is 0.480 e. The average Bonchev–Trinajstić information content (AvgIpc) is 2.70. The normalized spacial score (nSPS) is 16.7. The molecular formula is C18H33N5O8. The summed E-state index contributed by atoms with van der Waals surface area (Å²) < 4.78 is 0. The van der Waals surface area contributed by atoms with Gasteiger partial charge in [-0.1, -0.05) is 20.3 Å². The second-order valence-electron chi connectivity index (χ2n) is 7.29. The Morgan fingerprint density at radius 1 is 0.935 bits per heavy atom. The van der Waals surface area contributed by atoms with Crippen LogP contribution >= 0.6 is 0 Å². The van der Waals surface area contributed by atoms with Crippen molar-refractivity contribution in [3.05, 3.63) is 0 Å². The lowest BCUT2D eigenvalue weighted by Crippen LogP contribution is -2.60. The van der Waals surface area contributed by atoms with Gasteiger partial charge in [0.1, 0.15) is 18.1 Å². The van der Waals surface area contributed by atoms with Gasteiger partial charge in [0.25, 0.3) is 0 Å². The number of aliphatic carboxylic acids is 1. The number of carbonyl (C=O) groups excluding carboxylic acids is 4. The number of carbonyl (C=O) groups is 5. The second-order valence-corrected chi connectivity index (χ2v) is 7.29. The summed E-state index contributed by atoms with van der Waals surface area (Å²) in [5.74, 6) is -5.12. The van der Waals surface area contributed by atoms with Crippen molar-refractivity contribution in [3.8, 4) is 0 Å². The van der Waals surface area contributed by atoms with Gasteiger partial charge in [0.2, 0.25) is 23.6 Å². The second kappa shape index (κ2) is 13.5. The first-order valence-electron chi connectivity index (χ1n) is 9.82. The Bertz CT molecular complexity index is 657. The van der Waals surface area contributed by atoms with Crippen molar-refractivity contribution in [1.29, 1.82) is 0 Å². The van der Waals surface area contributed by atoms with E-state index in [1.165, 1.54) is 6.92 Å². The highest BCUT2D eigenvalue weighted by atomic mass is 16.4. The minimum atomic E-state index is -1.64. The molecule has 31 heavy (non-hydrogen) atoms. The van der Waals surface area contributed by atoms with Gasteiger partial charge in [-0.2, -0.15) is 0 Å². The number of hydrogen-bond acceptors (Lipinski definition) is 8. The van der Waals surface area contributed by atoms with Gasteiger partial charge in [0, 0.05) is 6.42 Å². The number of carboxylic acids is 1. The first-order chi connectivity index (χ1) is 14.3. The summed E-state index contributed by atoms with van der Waals surface area (Å²) in [6.07, 6.45) is -1.36. The van der Waals surface area contributed by atoms with Crippen LogP contribution in [-0.4, -0.2) is 81.8 Å². The summed E-state index contributed by atoms with van der Waals surface area (Å²) in [5.41, 5.74) is 10.9. The molecular weight excluding hydrogens is 414 g/mol. The molecule has 13 heteroatoms. The van der Waals surface area contributed by atoms with Crippen LogP contribution in [0.1, 0.15) is 40.0 Å². The van der Waals surface area contributed by atoms with Crippen LogP contribution in [-0.2, 0) is 24.0 Å². The third kappa shape index (κ3) is 9.72. The molecule has 0 aromatic rings. The Balaban J connectivity index is 5.44. The van der Waals surface area contributed by atoms with Gasteiger partial charge in [0.05, 0.1) is 18.8 Å². The maximum Gasteiger partial charge on any atom is 0.328 e. The minimum Gasteiger partial charge on any atom is -0.480 e. The summed E-state index contributed by atoms with van der Waals surface area (Å²) in [6.45, 7) is 3.91. The number of aliphatic hydroxyl groups is 2. The first kappa shape index (κ1) is 28.2. The predicted molar refractivity (Wildman–Crippen MR) is 108 cm³/mol. The number of carboxylic acid groups (broad SMARTS) is 1. The molecule has 0 bridgehead atoms. The van der Waals surface area contributed by atoms with E-state index < -0.39 is 66.5 Å². The monoisotopic (exact) mass is 447 g/mol. The predicted octanol–water partition coefficient (Wildman–Crippen LogP) is -3.46. The molecule has 0 radical (unpaired) electrons. The van der Waals surface area contributed by atoms with E-state index >= 15 is 0 Å². The zero-order valence-corrected chi connectivity index (χ0v) is 17.8. The van der Waals surface area contributed by atoms with Crippen molar-refractivity contribution in [3.63, 3.8) is 0 Å². The van der Waals surface area contributed by atoms with Gasteiger partial charge >= 0.3 is 5.97 Å². The lowest BCUT2D eigenvalue weighted by atomic mass is 9.98. The van der Waals surface area contributed by atoms with Crippen LogP contribution in [0, 0.1) is 5.92 Å². The van der Waals surface area contributed by atoms with Crippen LogP contribution in [0.2, 0.25) is 0 Å². The highest BCUT2D eigenvalue weighted by Gasteiger charge is 2.33. The summed E-state index contributed by atoms with van der Waals surface area (Å²) in [4.78, 5) is 59.4. The van der Waals surface area contributed by atoms with E-state index in [1.54, 1.807) is 6.92 Å². The van der Waals surface area contributed by atoms with E-state index in [0.29, 0.717) is 6.42 Å². The van der Waals surface area contributed by atoms with E-state index in [9.17, 15) is 29.1 Å². The fraction of sp³-hybridized carbons (Fsp3) is 0.722. The molecule has 0 aromatic carbocycles. The molecule has 0 saturated heterocycles. The molecule has 178 valence electrons. The lowest BCUT2D eigenvalue weighted by Gasteiger charge is -2.27. The van der Waals surface area contributed by atoms with Crippen LogP contribution in [0.4, 0.5) is 0 Å². The quantitative estimate of drug-likeness (QED) is 0.132. The average molecular weight is 447 g/mol. The molecule has 13 nitrogen and oxygen atoms in total. The molecule has 4 amide bonds. The zero-order valence-electron chi connectivity index (χ0n) is 17.8. The van der Waals surface area contributed by atoms with Crippen LogP contribution in [0.3, 0.4) is 0 Å². The number of aliphatic hydroxyl groups excluding tert-OH is 2. The Morgan fingerprint density at radius 3 is 1.90 bits per heavy atom. The van der Waals surface area contributed by atoms with Gasteiger partial charge in [-0.25, -0.2) is 4.79 Å². The summed E-state index contributed by atoms with van der Waals surface area (Å²) in [6, 6.07) is -5.47. The molecule has 0 aliphatic carbocycles. The zero-order chi connectivity index (χ0) is 24.3. The van der Waals surface area contributed by atoms with Crippen LogP contribution in [0.5, 0.6) is 0 Å². The number of rotatable bonds is 14. The highest BCUT2D eigenvalue weighted by molar-refractivity contribution is 5.94. The maximum atomic E-state index is 12.6. The van der Waals surface area contributed by atoms with E-state index in [4.69, 9.17) is 21.7 Å². The molecule has 0 saturated carbocycles. The van der Waals surface area contributed by atoms with E-state index in [2.05, 4.69) is 10.6 Å². The highest BCUT2D eigenvalue weighted by Crippen LogP contribution is 2.07. The number of nitrogens with one attached hydrogen (secondary N) is 3. The van der Waals surface area contributed by atoms with Gasteiger partial charge in [0.15, 0.2) is 0 Å². The summed E-state index contributed by atoms with van der Waals surface area (Å²) >= 11 is 0. The molecule has 0 spiro atoms. The number of hydrogen-bond donors (Lipinski definition) is 8. The Morgan fingerprint density at radius 2 is 1.48 bits per heavy atom. The smallest absolute Gasteiger partial charge is 0.328 e. The van der Waals surface area contributed by atoms with Gasteiger partial charge < -0.3 is 42.7 Å². The Kier molecular flexibility index (Phi) is 12.3. The molecule has 0 aliphatic rings. The fourth-order valence-electron chi connectivity index (χ4n) is 2.44. The number of primary amides is 1.